The van der Waals surface area contributed by atoms with Gasteiger partial charge < -0.3 is 14.7 Å². The number of piperidine rings is 1. The van der Waals surface area contributed by atoms with E-state index in [-0.39, 0.29) is 11.8 Å². The molecule has 5 heteroatoms. The van der Waals surface area contributed by atoms with Gasteiger partial charge in [-0.3, -0.25) is 9.59 Å². The van der Waals surface area contributed by atoms with Gasteiger partial charge in [0, 0.05) is 19.7 Å². The highest BCUT2D eigenvalue weighted by atomic mass is 16.5. The Kier molecular flexibility index (Phi) is 3.99. The molecule has 0 saturated carbocycles. The minimum Gasteiger partial charge on any atom is -0.481 e. The van der Waals surface area contributed by atoms with Crippen LogP contribution in [-0.2, 0) is 14.3 Å². The van der Waals surface area contributed by atoms with E-state index in [0.717, 1.165) is 25.9 Å². The van der Waals surface area contributed by atoms with Gasteiger partial charge in [0.2, 0.25) is 5.91 Å². The van der Waals surface area contributed by atoms with Gasteiger partial charge in [0.15, 0.2) is 0 Å². The first-order chi connectivity index (χ1) is 8.18. The van der Waals surface area contributed by atoms with Crippen molar-refractivity contribution in [3.8, 4) is 0 Å². The fourth-order valence-corrected chi connectivity index (χ4v) is 2.57. The number of hydrogen-bond acceptors (Lipinski definition) is 3. The van der Waals surface area contributed by atoms with E-state index < -0.39 is 11.9 Å². The molecule has 17 heavy (non-hydrogen) atoms. The molecule has 2 aliphatic heterocycles. The molecule has 0 spiro atoms. The summed E-state index contributed by atoms with van der Waals surface area (Å²) >= 11 is 0. The van der Waals surface area contributed by atoms with Crippen LogP contribution in [0.4, 0.5) is 0 Å². The van der Waals surface area contributed by atoms with E-state index in [2.05, 4.69) is 0 Å². The highest BCUT2D eigenvalue weighted by molar-refractivity contribution is 5.80. The van der Waals surface area contributed by atoms with Crippen LogP contribution in [0.1, 0.15) is 25.7 Å². The van der Waals surface area contributed by atoms with Crippen molar-refractivity contribution in [3.05, 3.63) is 0 Å². The molecule has 0 bridgehead atoms. The molecule has 2 saturated heterocycles. The number of nitrogens with zero attached hydrogens (tertiary/aromatic N) is 1. The second kappa shape index (κ2) is 5.49. The number of carboxylic acid groups (broad SMARTS) is 1. The maximum atomic E-state index is 12.2. The Morgan fingerprint density at radius 1 is 1.18 bits per heavy atom. The largest absolute Gasteiger partial charge is 0.481 e. The molecule has 0 aromatic heterocycles. The average molecular weight is 241 g/mol. The molecule has 0 radical (unpaired) electrons. The number of hydrogen-bond donors (Lipinski definition) is 1. The zero-order chi connectivity index (χ0) is 12.3. The fourth-order valence-electron chi connectivity index (χ4n) is 2.57. The van der Waals surface area contributed by atoms with Crippen LogP contribution in [0.5, 0.6) is 0 Å². The van der Waals surface area contributed by atoms with Gasteiger partial charge in [-0.2, -0.15) is 0 Å². The standard InChI is InChI=1S/C12H19NO4/c14-11(10-4-2-6-17-8-10)13-5-1-3-9(7-13)12(15)16/h9-10H,1-8H2,(H,15,16). The lowest BCUT2D eigenvalue weighted by atomic mass is 9.95. The predicted molar refractivity (Wildman–Crippen MR) is 60.5 cm³/mol. The van der Waals surface area contributed by atoms with Gasteiger partial charge in [-0.05, 0) is 25.7 Å². The van der Waals surface area contributed by atoms with Gasteiger partial charge in [-0.25, -0.2) is 0 Å². The molecule has 2 rings (SSSR count). The number of carbonyl (C=O) groups excluding carboxylic acids is 1. The zero-order valence-corrected chi connectivity index (χ0v) is 9.93. The van der Waals surface area contributed by atoms with Crippen LogP contribution in [0.15, 0.2) is 0 Å². The Labute approximate surface area is 101 Å². The summed E-state index contributed by atoms with van der Waals surface area (Å²) in [6, 6.07) is 0. The van der Waals surface area contributed by atoms with Crippen LogP contribution in [0.3, 0.4) is 0 Å². The van der Waals surface area contributed by atoms with Crippen molar-refractivity contribution in [2.24, 2.45) is 11.8 Å². The van der Waals surface area contributed by atoms with Gasteiger partial charge >= 0.3 is 5.97 Å². The van der Waals surface area contributed by atoms with Crippen molar-refractivity contribution in [1.29, 1.82) is 0 Å². The molecule has 0 aromatic rings. The van der Waals surface area contributed by atoms with E-state index in [4.69, 9.17) is 9.84 Å². The quantitative estimate of drug-likeness (QED) is 0.774. The van der Waals surface area contributed by atoms with E-state index in [1.165, 1.54) is 0 Å². The Bertz CT molecular complexity index is 299. The number of rotatable bonds is 2. The van der Waals surface area contributed by atoms with Crippen LogP contribution in [0.2, 0.25) is 0 Å². The number of likely N-dealkylation sites (tertiary alicyclic amines) is 1. The first-order valence-corrected chi connectivity index (χ1v) is 6.28. The van der Waals surface area contributed by atoms with E-state index in [9.17, 15) is 9.59 Å². The smallest absolute Gasteiger partial charge is 0.308 e. The molecule has 0 aromatic carbocycles. The van der Waals surface area contributed by atoms with Crippen molar-refractivity contribution in [3.63, 3.8) is 0 Å². The van der Waals surface area contributed by atoms with Crippen LogP contribution in [0.25, 0.3) is 0 Å². The van der Waals surface area contributed by atoms with E-state index >= 15 is 0 Å². The first-order valence-electron chi connectivity index (χ1n) is 6.28. The van der Waals surface area contributed by atoms with E-state index in [1.807, 2.05) is 0 Å². The Balaban J connectivity index is 1.91. The fraction of sp³-hybridized carbons (Fsp3) is 0.833. The molecule has 1 N–H and O–H groups in total. The van der Waals surface area contributed by atoms with Crippen LogP contribution < -0.4 is 0 Å². The van der Waals surface area contributed by atoms with Crippen molar-refractivity contribution >= 4 is 11.9 Å². The molecule has 5 nitrogen and oxygen atoms in total. The summed E-state index contributed by atoms with van der Waals surface area (Å²) in [5.74, 6) is -1.16. The van der Waals surface area contributed by atoms with Crippen LogP contribution in [0, 0.1) is 11.8 Å². The maximum Gasteiger partial charge on any atom is 0.308 e. The van der Waals surface area contributed by atoms with Gasteiger partial charge in [0.1, 0.15) is 0 Å². The lowest BCUT2D eigenvalue weighted by Gasteiger charge is -2.34. The molecular weight excluding hydrogens is 222 g/mol. The molecule has 0 aliphatic carbocycles. The number of amides is 1. The van der Waals surface area contributed by atoms with Crippen LogP contribution >= 0.6 is 0 Å². The molecule has 1 amide bonds. The van der Waals surface area contributed by atoms with Crippen molar-refractivity contribution in [2.45, 2.75) is 25.7 Å². The molecule has 96 valence electrons. The molecular formula is C12H19NO4. The first kappa shape index (κ1) is 12.4. The number of carboxylic acids is 1. The third-order valence-electron chi connectivity index (χ3n) is 3.59. The Hall–Kier alpha value is -1.10. The zero-order valence-electron chi connectivity index (χ0n) is 9.93. The van der Waals surface area contributed by atoms with Gasteiger partial charge in [0.25, 0.3) is 0 Å². The Morgan fingerprint density at radius 2 is 1.94 bits per heavy atom. The molecule has 2 unspecified atom stereocenters. The highest BCUT2D eigenvalue weighted by Crippen LogP contribution is 2.22. The molecule has 2 fully saturated rings. The van der Waals surface area contributed by atoms with Crippen molar-refractivity contribution in [2.75, 3.05) is 26.3 Å². The summed E-state index contributed by atoms with van der Waals surface area (Å²) < 4.78 is 5.30. The summed E-state index contributed by atoms with van der Waals surface area (Å²) in [6.45, 7) is 2.29. The highest BCUT2D eigenvalue weighted by Gasteiger charge is 2.32. The lowest BCUT2D eigenvalue weighted by molar-refractivity contribution is -0.148. The van der Waals surface area contributed by atoms with Crippen molar-refractivity contribution in [1.82, 2.24) is 4.90 Å². The maximum absolute atomic E-state index is 12.2. The third-order valence-corrected chi connectivity index (χ3v) is 3.59. The van der Waals surface area contributed by atoms with Gasteiger partial charge in [-0.1, -0.05) is 0 Å². The summed E-state index contributed by atoms with van der Waals surface area (Å²) in [6.07, 6.45) is 3.26. The molecule has 2 atom stereocenters. The minimum atomic E-state index is -0.789. The predicted octanol–water partition coefficient (Wildman–Crippen LogP) is 0.736. The monoisotopic (exact) mass is 241 g/mol. The number of carbonyl (C=O) groups is 2. The summed E-state index contributed by atoms with van der Waals surface area (Å²) in [5, 5.41) is 8.99. The van der Waals surface area contributed by atoms with Crippen LogP contribution in [-0.4, -0.2) is 48.2 Å². The molecule has 2 heterocycles. The van der Waals surface area contributed by atoms with Crippen molar-refractivity contribution < 1.29 is 19.4 Å². The summed E-state index contributed by atoms with van der Waals surface area (Å²) in [5.41, 5.74) is 0. The normalized spacial score (nSPS) is 30.0. The topological polar surface area (TPSA) is 66.8 Å². The molecule has 2 aliphatic rings. The summed E-state index contributed by atoms with van der Waals surface area (Å²) in [4.78, 5) is 24.8. The average Bonchev–Trinajstić information content (AvgIpc) is 2.39. The van der Waals surface area contributed by atoms with Gasteiger partial charge in [-0.15, -0.1) is 0 Å². The minimum absolute atomic E-state index is 0.0590. The summed E-state index contributed by atoms with van der Waals surface area (Å²) in [7, 11) is 0. The second-order valence-corrected chi connectivity index (χ2v) is 4.88. The number of aliphatic carboxylic acids is 1. The lowest BCUT2D eigenvalue weighted by Crippen LogP contribution is -2.46. The Morgan fingerprint density at radius 3 is 2.59 bits per heavy atom. The SMILES string of the molecule is O=C(O)C1CCCN(C(=O)C2CCCOC2)C1. The third kappa shape index (κ3) is 2.97. The number of ether oxygens (including phenoxy) is 1. The van der Waals surface area contributed by atoms with Gasteiger partial charge in [0.05, 0.1) is 18.4 Å². The van der Waals surface area contributed by atoms with E-state index in [0.29, 0.717) is 26.1 Å². The second-order valence-electron chi connectivity index (χ2n) is 4.88. The van der Waals surface area contributed by atoms with E-state index in [1.54, 1.807) is 4.90 Å².